The Balaban J connectivity index is 2.34. The summed E-state index contributed by atoms with van der Waals surface area (Å²) in [5.74, 6) is 0.800. The average molecular weight is 436 g/mol. The Morgan fingerprint density at radius 1 is 1.13 bits per heavy atom. The Bertz CT molecular complexity index is 919. The fourth-order valence-electron chi connectivity index (χ4n) is 2.59. The Morgan fingerprint density at radius 2 is 1.91 bits per heavy atom. The molecule has 0 atom stereocenters. The van der Waals surface area contributed by atoms with E-state index in [4.69, 9.17) is 4.98 Å². The highest BCUT2D eigenvalue weighted by Gasteiger charge is 2.14. The van der Waals surface area contributed by atoms with Crippen LogP contribution < -0.4 is 5.56 Å². The Kier molecular flexibility index (Phi) is 4.97. The third kappa shape index (κ3) is 3.26. The van der Waals surface area contributed by atoms with Crippen LogP contribution in [0.3, 0.4) is 0 Å². The molecule has 0 aliphatic rings. The highest BCUT2D eigenvalue weighted by Crippen LogP contribution is 2.26. The zero-order chi connectivity index (χ0) is 16.4. The molecule has 0 spiro atoms. The van der Waals surface area contributed by atoms with Crippen molar-refractivity contribution >= 4 is 42.8 Å². The molecule has 118 valence electrons. The summed E-state index contributed by atoms with van der Waals surface area (Å²) >= 11 is 7.05. The first-order valence-corrected chi connectivity index (χ1v) is 9.16. The zero-order valence-corrected chi connectivity index (χ0v) is 15.9. The van der Waals surface area contributed by atoms with E-state index in [1.807, 2.05) is 42.5 Å². The Morgan fingerprint density at radius 3 is 2.70 bits per heavy atom. The normalized spacial score (nSPS) is 11.1. The molecule has 2 aromatic carbocycles. The molecule has 5 heteroatoms. The highest BCUT2D eigenvalue weighted by atomic mass is 79.9. The highest BCUT2D eigenvalue weighted by molar-refractivity contribution is 9.11. The van der Waals surface area contributed by atoms with Gasteiger partial charge in [-0.15, -0.1) is 0 Å². The summed E-state index contributed by atoms with van der Waals surface area (Å²) in [6, 6.07) is 13.3. The van der Waals surface area contributed by atoms with Gasteiger partial charge < -0.3 is 0 Å². The van der Waals surface area contributed by atoms with Crippen molar-refractivity contribution in [3.63, 3.8) is 0 Å². The van der Waals surface area contributed by atoms with Crippen LogP contribution in [0.15, 0.2) is 56.2 Å². The molecule has 23 heavy (non-hydrogen) atoms. The van der Waals surface area contributed by atoms with Crippen molar-refractivity contribution in [2.75, 3.05) is 0 Å². The number of hydrogen-bond donors (Lipinski definition) is 0. The van der Waals surface area contributed by atoms with Crippen LogP contribution in [0.4, 0.5) is 0 Å². The third-order valence-electron chi connectivity index (χ3n) is 3.75. The van der Waals surface area contributed by atoms with E-state index >= 15 is 0 Å². The summed E-state index contributed by atoms with van der Waals surface area (Å²) in [6.45, 7) is 2.14. The van der Waals surface area contributed by atoms with Crippen LogP contribution in [-0.4, -0.2) is 9.55 Å². The maximum absolute atomic E-state index is 13.1. The number of unbranched alkanes of at least 4 members (excludes halogenated alkanes) is 1. The third-order valence-corrected chi connectivity index (χ3v) is 4.91. The van der Waals surface area contributed by atoms with E-state index in [0.717, 1.165) is 45.2 Å². The molecule has 3 aromatic rings. The molecule has 0 aliphatic heterocycles. The fraction of sp³-hybridized carbons (Fsp3) is 0.222. The molecule has 0 saturated heterocycles. The number of aromatic nitrogens is 2. The molecule has 0 amide bonds. The van der Waals surface area contributed by atoms with E-state index in [9.17, 15) is 4.79 Å². The van der Waals surface area contributed by atoms with Crippen molar-refractivity contribution in [2.45, 2.75) is 26.2 Å². The number of aryl methyl sites for hydroxylation is 1. The minimum Gasteiger partial charge on any atom is -0.268 e. The average Bonchev–Trinajstić information content (AvgIpc) is 2.56. The van der Waals surface area contributed by atoms with Crippen LogP contribution in [-0.2, 0) is 6.42 Å². The smallest absolute Gasteiger partial charge is 0.266 e. The van der Waals surface area contributed by atoms with Crippen molar-refractivity contribution in [3.8, 4) is 5.69 Å². The van der Waals surface area contributed by atoms with Crippen molar-refractivity contribution in [1.29, 1.82) is 0 Å². The summed E-state index contributed by atoms with van der Waals surface area (Å²) in [4.78, 5) is 17.8. The van der Waals surface area contributed by atoms with Gasteiger partial charge in [0.2, 0.25) is 0 Å². The number of benzene rings is 2. The molecule has 0 saturated carbocycles. The second-order valence-electron chi connectivity index (χ2n) is 5.39. The largest absolute Gasteiger partial charge is 0.268 e. The summed E-state index contributed by atoms with van der Waals surface area (Å²) in [5, 5.41) is 0.639. The predicted molar refractivity (Wildman–Crippen MR) is 101 cm³/mol. The number of fused-ring (bicyclic) bond motifs is 1. The lowest BCUT2D eigenvalue weighted by molar-refractivity contribution is 0.719. The van der Waals surface area contributed by atoms with Gasteiger partial charge in [-0.25, -0.2) is 4.98 Å². The first-order valence-electron chi connectivity index (χ1n) is 7.58. The fourth-order valence-corrected chi connectivity index (χ4v) is 3.36. The van der Waals surface area contributed by atoms with Gasteiger partial charge in [-0.3, -0.25) is 9.36 Å². The van der Waals surface area contributed by atoms with Gasteiger partial charge in [-0.2, -0.15) is 0 Å². The van der Waals surface area contributed by atoms with E-state index < -0.39 is 0 Å². The van der Waals surface area contributed by atoms with Crippen molar-refractivity contribution < 1.29 is 0 Å². The van der Waals surface area contributed by atoms with Gasteiger partial charge in [0.1, 0.15) is 5.82 Å². The molecule has 1 heterocycles. The van der Waals surface area contributed by atoms with E-state index in [-0.39, 0.29) is 5.56 Å². The number of halogens is 2. The first kappa shape index (κ1) is 16.4. The quantitative estimate of drug-likeness (QED) is 0.560. The van der Waals surface area contributed by atoms with Crippen LogP contribution in [0.1, 0.15) is 25.6 Å². The molecule has 0 unspecified atom stereocenters. The maximum atomic E-state index is 13.1. The maximum Gasteiger partial charge on any atom is 0.266 e. The molecule has 3 nitrogen and oxygen atoms in total. The summed E-state index contributed by atoms with van der Waals surface area (Å²) in [6.07, 6.45) is 2.83. The molecule has 0 bridgehead atoms. The van der Waals surface area contributed by atoms with Crippen molar-refractivity contribution in [2.24, 2.45) is 0 Å². The number of hydrogen-bond acceptors (Lipinski definition) is 2. The van der Waals surface area contributed by atoms with E-state index in [1.165, 1.54) is 0 Å². The number of para-hydroxylation sites is 1. The summed E-state index contributed by atoms with van der Waals surface area (Å²) in [7, 11) is 0. The lowest BCUT2D eigenvalue weighted by Crippen LogP contribution is -2.24. The van der Waals surface area contributed by atoms with Gasteiger partial charge >= 0.3 is 0 Å². The van der Waals surface area contributed by atoms with E-state index in [1.54, 1.807) is 4.57 Å². The van der Waals surface area contributed by atoms with Crippen LogP contribution in [0.2, 0.25) is 0 Å². The second-order valence-corrected chi connectivity index (χ2v) is 7.16. The van der Waals surface area contributed by atoms with Crippen LogP contribution >= 0.6 is 31.9 Å². The van der Waals surface area contributed by atoms with Gasteiger partial charge in [0, 0.05) is 15.4 Å². The Labute approximate surface area is 151 Å². The number of nitrogens with zero attached hydrogens (tertiary/aromatic N) is 2. The topological polar surface area (TPSA) is 34.9 Å². The van der Waals surface area contributed by atoms with Gasteiger partial charge in [0.15, 0.2) is 0 Å². The van der Waals surface area contributed by atoms with Gasteiger partial charge in [-0.1, -0.05) is 41.4 Å². The van der Waals surface area contributed by atoms with Crippen LogP contribution in [0, 0.1) is 0 Å². The van der Waals surface area contributed by atoms with Gasteiger partial charge in [0.25, 0.3) is 5.56 Å². The lowest BCUT2D eigenvalue weighted by Gasteiger charge is -2.15. The SMILES string of the molecule is CCCCc1nc2ccccc2c(=O)n1-c1cc(Br)ccc1Br. The summed E-state index contributed by atoms with van der Waals surface area (Å²) < 4.78 is 3.53. The second kappa shape index (κ2) is 6.97. The van der Waals surface area contributed by atoms with Crippen LogP contribution in [0.25, 0.3) is 16.6 Å². The van der Waals surface area contributed by atoms with Crippen molar-refractivity contribution in [1.82, 2.24) is 9.55 Å². The zero-order valence-electron chi connectivity index (χ0n) is 12.7. The minimum atomic E-state index is -0.0273. The van der Waals surface area contributed by atoms with Crippen LogP contribution in [0.5, 0.6) is 0 Å². The molecule has 0 radical (unpaired) electrons. The van der Waals surface area contributed by atoms with E-state index in [0.29, 0.717) is 5.39 Å². The molecule has 0 fully saturated rings. The molecular formula is C18H16Br2N2O. The standard InChI is InChI=1S/C18H16Br2N2O/c1-2-3-8-17-21-15-7-5-4-6-13(15)18(23)22(17)16-11-12(19)9-10-14(16)20/h4-7,9-11H,2-3,8H2,1H3. The number of rotatable bonds is 4. The first-order chi connectivity index (χ1) is 11.1. The molecular weight excluding hydrogens is 420 g/mol. The minimum absolute atomic E-state index is 0.0273. The van der Waals surface area contributed by atoms with Gasteiger partial charge in [0.05, 0.1) is 16.6 Å². The van der Waals surface area contributed by atoms with E-state index in [2.05, 4.69) is 38.8 Å². The van der Waals surface area contributed by atoms with Gasteiger partial charge in [-0.05, 0) is 52.7 Å². The monoisotopic (exact) mass is 434 g/mol. The Hall–Kier alpha value is -1.46. The molecule has 3 rings (SSSR count). The summed E-state index contributed by atoms with van der Waals surface area (Å²) in [5.41, 5.74) is 1.54. The lowest BCUT2D eigenvalue weighted by atomic mass is 10.2. The molecule has 0 N–H and O–H groups in total. The molecule has 1 aromatic heterocycles. The predicted octanol–water partition coefficient (Wildman–Crippen LogP) is 5.25. The molecule has 0 aliphatic carbocycles. The van der Waals surface area contributed by atoms with Crippen molar-refractivity contribution in [3.05, 3.63) is 67.6 Å².